The van der Waals surface area contributed by atoms with E-state index >= 15 is 0 Å². The number of hydrogen-bond acceptors (Lipinski definition) is 3. The standard InChI is InChI=1S/C10H13NO2.ClH/c1-13-9-4-2-3-7(10(9)12)8-5-6-11-8;/h2-4,8,11-12H,5-6H2,1H3;1H/t8-;/m1./s1. The van der Waals surface area contributed by atoms with Gasteiger partial charge in [-0.25, -0.2) is 0 Å². The zero-order chi connectivity index (χ0) is 9.26. The Morgan fingerprint density at radius 2 is 2.21 bits per heavy atom. The van der Waals surface area contributed by atoms with Gasteiger partial charge in [0.05, 0.1) is 7.11 Å². The van der Waals surface area contributed by atoms with Crippen molar-refractivity contribution >= 4 is 12.4 Å². The molecule has 1 aromatic carbocycles. The van der Waals surface area contributed by atoms with E-state index in [1.165, 1.54) is 0 Å². The fraction of sp³-hybridized carbons (Fsp3) is 0.400. The fourth-order valence-corrected chi connectivity index (χ4v) is 1.54. The second-order valence-electron chi connectivity index (χ2n) is 3.19. The van der Waals surface area contributed by atoms with Crippen molar-refractivity contribution in [3.8, 4) is 11.5 Å². The molecular weight excluding hydrogens is 202 g/mol. The van der Waals surface area contributed by atoms with Crippen molar-refractivity contribution in [1.82, 2.24) is 5.32 Å². The van der Waals surface area contributed by atoms with Crippen LogP contribution in [0.2, 0.25) is 0 Å². The van der Waals surface area contributed by atoms with Gasteiger partial charge < -0.3 is 15.2 Å². The highest BCUT2D eigenvalue weighted by atomic mass is 35.5. The molecule has 0 spiro atoms. The number of methoxy groups -OCH3 is 1. The van der Waals surface area contributed by atoms with Gasteiger partial charge in [-0.05, 0) is 19.0 Å². The number of hydrogen-bond donors (Lipinski definition) is 2. The summed E-state index contributed by atoms with van der Waals surface area (Å²) in [5.74, 6) is 0.813. The van der Waals surface area contributed by atoms with E-state index in [4.69, 9.17) is 4.74 Å². The molecule has 1 aromatic rings. The summed E-state index contributed by atoms with van der Waals surface area (Å²) in [6.45, 7) is 1.03. The highest BCUT2D eigenvalue weighted by Gasteiger charge is 2.22. The Morgan fingerprint density at radius 1 is 1.50 bits per heavy atom. The molecule has 0 radical (unpaired) electrons. The van der Waals surface area contributed by atoms with Crippen LogP contribution in [0.1, 0.15) is 18.0 Å². The van der Waals surface area contributed by atoms with Crippen molar-refractivity contribution in [1.29, 1.82) is 0 Å². The van der Waals surface area contributed by atoms with E-state index in [2.05, 4.69) is 5.32 Å². The third-order valence-corrected chi connectivity index (χ3v) is 2.45. The van der Waals surface area contributed by atoms with Gasteiger partial charge >= 0.3 is 0 Å². The van der Waals surface area contributed by atoms with Gasteiger partial charge in [0.2, 0.25) is 0 Å². The lowest BCUT2D eigenvalue weighted by molar-refractivity contribution is 0.342. The van der Waals surface area contributed by atoms with Crippen molar-refractivity contribution in [2.24, 2.45) is 0 Å². The molecule has 1 aliphatic heterocycles. The zero-order valence-electron chi connectivity index (χ0n) is 7.99. The Balaban J connectivity index is 0.000000980. The quantitative estimate of drug-likeness (QED) is 0.792. The minimum absolute atomic E-state index is 0. The van der Waals surface area contributed by atoms with E-state index in [1.807, 2.05) is 12.1 Å². The van der Waals surface area contributed by atoms with Crippen LogP contribution in [-0.4, -0.2) is 18.8 Å². The number of nitrogens with one attached hydrogen (secondary N) is 1. The van der Waals surface area contributed by atoms with Gasteiger partial charge in [0, 0.05) is 11.6 Å². The highest BCUT2D eigenvalue weighted by molar-refractivity contribution is 5.85. The molecule has 0 aromatic heterocycles. The molecule has 2 rings (SSSR count). The maximum atomic E-state index is 9.76. The first-order valence-corrected chi connectivity index (χ1v) is 4.42. The minimum Gasteiger partial charge on any atom is -0.504 e. The Kier molecular flexibility index (Phi) is 3.61. The Hall–Kier alpha value is -0.930. The molecule has 78 valence electrons. The van der Waals surface area contributed by atoms with E-state index in [9.17, 15) is 5.11 Å². The van der Waals surface area contributed by atoms with Gasteiger partial charge in [-0.2, -0.15) is 0 Å². The molecule has 4 heteroatoms. The summed E-state index contributed by atoms with van der Waals surface area (Å²) in [7, 11) is 1.56. The minimum atomic E-state index is 0. The Morgan fingerprint density at radius 3 is 2.71 bits per heavy atom. The van der Waals surface area contributed by atoms with Crippen LogP contribution in [0.3, 0.4) is 0 Å². The number of halogens is 1. The van der Waals surface area contributed by atoms with E-state index in [0.717, 1.165) is 18.5 Å². The summed E-state index contributed by atoms with van der Waals surface area (Å²) < 4.78 is 5.03. The third kappa shape index (κ3) is 1.79. The lowest BCUT2D eigenvalue weighted by atomic mass is 9.97. The van der Waals surface area contributed by atoms with Gasteiger partial charge in [-0.1, -0.05) is 12.1 Å². The van der Waals surface area contributed by atoms with Gasteiger partial charge in [-0.3, -0.25) is 0 Å². The number of phenols is 1. The van der Waals surface area contributed by atoms with Crippen LogP contribution in [-0.2, 0) is 0 Å². The SMILES string of the molecule is COc1cccc([C@H]2CCN2)c1O.Cl. The van der Waals surface area contributed by atoms with Crippen LogP contribution in [0.15, 0.2) is 18.2 Å². The largest absolute Gasteiger partial charge is 0.504 e. The highest BCUT2D eigenvalue weighted by Crippen LogP contribution is 2.36. The molecule has 1 heterocycles. The molecule has 0 saturated carbocycles. The van der Waals surface area contributed by atoms with Crippen molar-refractivity contribution in [2.75, 3.05) is 13.7 Å². The lowest BCUT2D eigenvalue weighted by Crippen LogP contribution is -2.34. The van der Waals surface area contributed by atoms with Crippen LogP contribution in [0.4, 0.5) is 0 Å². The Labute approximate surface area is 89.5 Å². The maximum Gasteiger partial charge on any atom is 0.162 e. The second-order valence-corrected chi connectivity index (χ2v) is 3.19. The smallest absolute Gasteiger partial charge is 0.162 e. The number of phenolic OH excluding ortho intramolecular Hbond substituents is 1. The molecule has 1 atom stereocenters. The number of benzene rings is 1. The van der Waals surface area contributed by atoms with Gasteiger partial charge in [0.15, 0.2) is 11.5 Å². The normalized spacial score (nSPS) is 19.4. The van der Waals surface area contributed by atoms with Gasteiger partial charge in [-0.15, -0.1) is 12.4 Å². The molecule has 3 nitrogen and oxygen atoms in total. The van der Waals surface area contributed by atoms with Crippen molar-refractivity contribution in [3.05, 3.63) is 23.8 Å². The molecular formula is C10H14ClNO2. The first-order valence-electron chi connectivity index (χ1n) is 4.42. The monoisotopic (exact) mass is 215 g/mol. The summed E-state index contributed by atoms with van der Waals surface area (Å²) in [4.78, 5) is 0. The number of rotatable bonds is 2. The second kappa shape index (κ2) is 4.53. The molecule has 0 amide bonds. The number of aromatic hydroxyl groups is 1. The number of para-hydroxylation sites is 1. The fourth-order valence-electron chi connectivity index (χ4n) is 1.54. The van der Waals surface area contributed by atoms with Gasteiger partial charge in [0.25, 0.3) is 0 Å². The third-order valence-electron chi connectivity index (χ3n) is 2.45. The van der Waals surface area contributed by atoms with E-state index in [1.54, 1.807) is 13.2 Å². The van der Waals surface area contributed by atoms with Crippen molar-refractivity contribution in [3.63, 3.8) is 0 Å². The zero-order valence-corrected chi connectivity index (χ0v) is 8.80. The Bertz CT molecular complexity index is 313. The van der Waals surface area contributed by atoms with Crippen LogP contribution >= 0.6 is 12.4 Å². The maximum absolute atomic E-state index is 9.76. The summed E-state index contributed by atoms with van der Waals surface area (Å²) >= 11 is 0. The van der Waals surface area contributed by atoms with Crippen LogP contribution in [0, 0.1) is 0 Å². The average Bonchev–Trinajstić information content (AvgIpc) is 2.05. The predicted octanol–water partition coefficient (Wildman–Crippen LogP) is 1.86. The van der Waals surface area contributed by atoms with Crippen LogP contribution in [0.5, 0.6) is 11.5 Å². The topological polar surface area (TPSA) is 41.5 Å². The summed E-state index contributed by atoms with van der Waals surface area (Å²) in [6.07, 6.45) is 1.08. The molecule has 0 aliphatic carbocycles. The van der Waals surface area contributed by atoms with Gasteiger partial charge in [0.1, 0.15) is 0 Å². The van der Waals surface area contributed by atoms with Crippen LogP contribution in [0.25, 0.3) is 0 Å². The molecule has 2 N–H and O–H groups in total. The average molecular weight is 216 g/mol. The molecule has 0 unspecified atom stereocenters. The first-order chi connectivity index (χ1) is 6.33. The van der Waals surface area contributed by atoms with Crippen molar-refractivity contribution in [2.45, 2.75) is 12.5 Å². The molecule has 0 bridgehead atoms. The molecule has 1 aliphatic rings. The van der Waals surface area contributed by atoms with E-state index < -0.39 is 0 Å². The predicted molar refractivity (Wildman–Crippen MR) is 57.3 cm³/mol. The molecule has 1 fully saturated rings. The van der Waals surface area contributed by atoms with Crippen molar-refractivity contribution < 1.29 is 9.84 Å². The van der Waals surface area contributed by atoms with E-state index in [0.29, 0.717) is 11.8 Å². The summed E-state index contributed by atoms with van der Waals surface area (Å²) in [5.41, 5.74) is 0.936. The lowest BCUT2D eigenvalue weighted by Gasteiger charge is -2.28. The van der Waals surface area contributed by atoms with Crippen LogP contribution < -0.4 is 10.1 Å². The first kappa shape index (κ1) is 11.1. The molecule has 14 heavy (non-hydrogen) atoms. The molecule has 1 saturated heterocycles. The summed E-state index contributed by atoms with van der Waals surface area (Å²) in [6, 6.07) is 5.88. The number of ether oxygens (including phenoxy) is 1. The summed E-state index contributed by atoms with van der Waals surface area (Å²) in [5, 5.41) is 13.0. The van der Waals surface area contributed by atoms with E-state index in [-0.39, 0.29) is 18.2 Å².